The first-order chi connectivity index (χ1) is 24.6. The number of alkyl halides is 3. The highest BCUT2D eigenvalue weighted by Gasteiger charge is 2.52. The van der Waals surface area contributed by atoms with Gasteiger partial charge in [0.25, 0.3) is 11.8 Å². The zero-order valence-electron chi connectivity index (χ0n) is 27.9. The quantitative estimate of drug-likeness (QED) is 0.0914. The minimum absolute atomic E-state index is 0.0334. The number of nitrogens with zero attached hydrogens (tertiary/aromatic N) is 3. The molecule has 3 heterocycles. The second-order valence-corrected chi connectivity index (χ2v) is 12.9. The van der Waals surface area contributed by atoms with Crippen LogP contribution in [0, 0.1) is 11.6 Å². The van der Waals surface area contributed by atoms with E-state index in [0.29, 0.717) is 25.7 Å². The van der Waals surface area contributed by atoms with Gasteiger partial charge in [-0.3, -0.25) is 19.6 Å². The Kier molecular flexibility index (Phi) is 12.1. The molecule has 0 saturated carbocycles. The molecule has 2 aliphatic heterocycles. The predicted octanol–water partition coefficient (Wildman–Crippen LogP) is 5.79. The van der Waals surface area contributed by atoms with Crippen LogP contribution in [0.3, 0.4) is 0 Å². The Hall–Kier alpha value is -4.35. The molecule has 1 saturated heterocycles. The van der Waals surface area contributed by atoms with E-state index in [2.05, 4.69) is 10.3 Å². The Morgan fingerprint density at radius 3 is 2.56 bits per heavy atom. The number of nitrogens with one attached hydrogen (secondary N) is 1. The van der Waals surface area contributed by atoms with E-state index >= 15 is 8.78 Å². The lowest BCUT2D eigenvalue weighted by Gasteiger charge is -2.46. The molecule has 280 valence electrons. The SMILES string of the molecule is CC12CCCN1N(Cc1ccc(OCCCCOC[C@@H](O)CO)c(F)c1F)C(=O)C(C(=O)Nc1ccc(Cl)cc1-c1ccc(C(F)(F)F)nc1)=C2O. The molecular weight excluding hydrogens is 719 g/mol. The standard InChI is InChI=1S/C35H36ClF5N4O7/c1-34-11-4-12-45(34)44(17-21-5-9-26(30(38)29(21)37)52-14-3-2-13-51-19-23(47)18-46)33(50)28(31(34)48)32(49)43-25-8-7-22(36)15-24(25)20-6-10-27(42-16-20)35(39,40)41/h5-10,15-16,23,46-48H,2-4,11-14,17-19H2,1H3,(H,43,49)/t23-,34?/m0/s1. The summed E-state index contributed by atoms with van der Waals surface area (Å²) in [5.41, 5.74) is -2.85. The summed E-state index contributed by atoms with van der Waals surface area (Å²) in [6.45, 7) is 1.20. The van der Waals surface area contributed by atoms with Gasteiger partial charge in [-0.15, -0.1) is 0 Å². The fraction of sp³-hybridized carbons (Fsp3) is 0.400. The molecule has 2 aliphatic rings. The average molecular weight is 755 g/mol. The summed E-state index contributed by atoms with van der Waals surface area (Å²) in [6.07, 6.45) is -2.97. The highest BCUT2D eigenvalue weighted by Crippen LogP contribution is 2.42. The van der Waals surface area contributed by atoms with Crippen molar-refractivity contribution in [3.8, 4) is 16.9 Å². The first kappa shape index (κ1) is 38.9. The highest BCUT2D eigenvalue weighted by molar-refractivity contribution is 6.31. The largest absolute Gasteiger partial charge is 0.509 e. The first-order valence-electron chi connectivity index (χ1n) is 16.3. The summed E-state index contributed by atoms with van der Waals surface area (Å²) in [6, 6.07) is 8.56. The van der Waals surface area contributed by atoms with Crippen molar-refractivity contribution in [2.24, 2.45) is 0 Å². The third-order valence-corrected chi connectivity index (χ3v) is 9.06. The Morgan fingerprint density at radius 2 is 1.87 bits per heavy atom. The van der Waals surface area contributed by atoms with Crippen molar-refractivity contribution < 1.29 is 56.3 Å². The van der Waals surface area contributed by atoms with E-state index in [1.807, 2.05) is 0 Å². The third kappa shape index (κ3) is 8.31. The molecule has 0 radical (unpaired) electrons. The van der Waals surface area contributed by atoms with Crippen molar-refractivity contribution in [3.63, 3.8) is 0 Å². The molecular formula is C35H36ClF5N4O7. The van der Waals surface area contributed by atoms with Crippen molar-refractivity contribution in [3.05, 3.63) is 87.9 Å². The summed E-state index contributed by atoms with van der Waals surface area (Å²) in [5, 5.41) is 34.8. The monoisotopic (exact) mass is 754 g/mol. The maximum absolute atomic E-state index is 15.4. The number of hydrogen-bond acceptors (Lipinski definition) is 9. The molecule has 11 nitrogen and oxygen atoms in total. The van der Waals surface area contributed by atoms with E-state index in [-0.39, 0.29) is 59.5 Å². The highest BCUT2D eigenvalue weighted by atomic mass is 35.5. The van der Waals surface area contributed by atoms with Gasteiger partial charge in [-0.2, -0.15) is 17.6 Å². The Labute approximate surface area is 300 Å². The van der Waals surface area contributed by atoms with Gasteiger partial charge in [0.1, 0.15) is 23.1 Å². The molecule has 2 amide bonds. The second kappa shape index (κ2) is 16.1. The maximum atomic E-state index is 15.4. The number of pyridine rings is 1. The first-order valence-corrected chi connectivity index (χ1v) is 16.7. The minimum atomic E-state index is -4.68. The number of benzene rings is 2. The molecule has 52 heavy (non-hydrogen) atoms. The van der Waals surface area contributed by atoms with Gasteiger partial charge < -0.3 is 30.1 Å². The molecule has 4 N–H and O–H groups in total. The third-order valence-electron chi connectivity index (χ3n) is 8.82. The van der Waals surface area contributed by atoms with Crippen LogP contribution < -0.4 is 10.1 Å². The number of fused-ring (bicyclic) bond motifs is 1. The van der Waals surface area contributed by atoms with Gasteiger partial charge in [0.2, 0.25) is 5.82 Å². The van der Waals surface area contributed by atoms with Crippen molar-refractivity contribution in [2.45, 2.75) is 57.0 Å². The number of amides is 2. The van der Waals surface area contributed by atoms with Crippen LogP contribution in [0.2, 0.25) is 5.02 Å². The number of aliphatic hydroxyl groups is 3. The zero-order chi connectivity index (χ0) is 37.8. The van der Waals surface area contributed by atoms with Crippen molar-refractivity contribution >= 4 is 29.1 Å². The maximum Gasteiger partial charge on any atom is 0.433 e. The van der Waals surface area contributed by atoms with Crippen LogP contribution in [0.25, 0.3) is 11.1 Å². The van der Waals surface area contributed by atoms with Crippen molar-refractivity contribution in [1.29, 1.82) is 0 Å². The number of hydrazine groups is 1. The molecule has 2 atom stereocenters. The van der Waals surface area contributed by atoms with E-state index in [1.165, 1.54) is 35.3 Å². The Morgan fingerprint density at radius 1 is 1.12 bits per heavy atom. The summed E-state index contributed by atoms with van der Waals surface area (Å²) in [7, 11) is 0. The number of unbranched alkanes of at least 4 members (excludes halogenated alkanes) is 1. The lowest BCUT2D eigenvalue weighted by atomic mass is 9.90. The molecule has 17 heteroatoms. The van der Waals surface area contributed by atoms with Crippen LogP contribution in [0.5, 0.6) is 5.75 Å². The lowest BCUT2D eigenvalue weighted by molar-refractivity contribution is -0.160. The van der Waals surface area contributed by atoms with E-state index in [0.717, 1.165) is 23.3 Å². The number of rotatable bonds is 14. The fourth-order valence-corrected chi connectivity index (χ4v) is 6.22. The molecule has 0 bridgehead atoms. The topological polar surface area (TPSA) is 145 Å². The van der Waals surface area contributed by atoms with Crippen LogP contribution in [0.4, 0.5) is 27.6 Å². The smallest absolute Gasteiger partial charge is 0.433 e. The average Bonchev–Trinajstić information content (AvgIpc) is 3.51. The zero-order valence-corrected chi connectivity index (χ0v) is 28.6. The molecule has 1 fully saturated rings. The van der Waals surface area contributed by atoms with Gasteiger partial charge in [-0.25, -0.2) is 9.40 Å². The van der Waals surface area contributed by atoms with Crippen molar-refractivity contribution in [1.82, 2.24) is 15.0 Å². The van der Waals surface area contributed by atoms with Gasteiger partial charge in [0.05, 0.1) is 31.9 Å². The number of anilines is 1. The molecule has 2 aromatic carbocycles. The molecule has 1 aromatic heterocycles. The number of ether oxygens (including phenoxy) is 2. The second-order valence-electron chi connectivity index (χ2n) is 12.5. The number of halogens is 6. The number of carbonyl (C=O) groups is 2. The van der Waals surface area contributed by atoms with Gasteiger partial charge in [-0.05, 0) is 62.9 Å². The summed E-state index contributed by atoms with van der Waals surface area (Å²) in [5.74, 6) is -5.47. The number of aromatic nitrogens is 1. The molecule has 3 aromatic rings. The van der Waals surface area contributed by atoms with Crippen LogP contribution in [-0.2, 0) is 27.0 Å². The number of aliphatic hydroxyl groups excluding tert-OH is 3. The van der Waals surface area contributed by atoms with Crippen LogP contribution in [0.15, 0.2) is 60.0 Å². The van der Waals surface area contributed by atoms with Gasteiger partial charge >= 0.3 is 6.18 Å². The van der Waals surface area contributed by atoms with Crippen molar-refractivity contribution in [2.75, 3.05) is 38.3 Å². The lowest BCUT2D eigenvalue weighted by Crippen LogP contribution is -2.60. The fourth-order valence-electron chi connectivity index (χ4n) is 6.04. The predicted molar refractivity (Wildman–Crippen MR) is 178 cm³/mol. The Bertz CT molecular complexity index is 1830. The van der Waals surface area contributed by atoms with E-state index in [1.54, 1.807) is 6.92 Å². The van der Waals surface area contributed by atoms with Crippen LogP contribution in [0.1, 0.15) is 43.9 Å². The molecule has 0 aliphatic carbocycles. The summed E-state index contributed by atoms with van der Waals surface area (Å²) in [4.78, 5) is 31.2. The number of hydrogen-bond donors (Lipinski definition) is 4. The van der Waals surface area contributed by atoms with Crippen LogP contribution >= 0.6 is 11.6 Å². The van der Waals surface area contributed by atoms with Gasteiger partial charge in [0, 0.05) is 46.7 Å². The number of carbonyl (C=O) groups excluding carboxylic acids is 2. The van der Waals surface area contributed by atoms with Gasteiger partial charge in [0.15, 0.2) is 11.6 Å². The molecule has 5 rings (SSSR count). The molecule has 0 spiro atoms. The minimum Gasteiger partial charge on any atom is -0.509 e. The normalized spacial score (nSPS) is 18.5. The molecule has 1 unspecified atom stereocenters. The Balaban J connectivity index is 1.34. The van der Waals surface area contributed by atoms with E-state index in [9.17, 15) is 33.0 Å². The summed E-state index contributed by atoms with van der Waals surface area (Å²) >= 11 is 6.16. The van der Waals surface area contributed by atoms with Crippen LogP contribution in [-0.4, -0.2) is 86.8 Å². The van der Waals surface area contributed by atoms with E-state index in [4.69, 9.17) is 26.2 Å². The summed E-state index contributed by atoms with van der Waals surface area (Å²) < 4.78 is 80.5. The van der Waals surface area contributed by atoms with Gasteiger partial charge in [-0.1, -0.05) is 23.7 Å². The van der Waals surface area contributed by atoms with E-state index < -0.39 is 71.4 Å².